The Labute approximate surface area is 108 Å². The number of aromatic nitrogens is 2. The average Bonchev–Trinajstić information content (AvgIpc) is 2.77. The zero-order chi connectivity index (χ0) is 12.5. The second-order valence-electron chi connectivity index (χ2n) is 5.15. The molecule has 3 rings (SSSR count). The molecule has 0 spiro atoms. The standard InChI is InChI=1S/C15H19N3/c1-11-9-17-7-5-12(11)10-18-8-6-13-14(16)3-2-4-15(13)18/h5-9,14H,2-4,10,16H2,1H3. The van der Waals surface area contributed by atoms with Crippen molar-refractivity contribution in [3.8, 4) is 0 Å². The van der Waals surface area contributed by atoms with Crippen LogP contribution in [0.15, 0.2) is 30.7 Å². The third kappa shape index (κ3) is 1.95. The first-order valence-electron chi connectivity index (χ1n) is 6.58. The highest BCUT2D eigenvalue weighted by Crippen LogP contribution is 2.29. The van der Waals surface area contributed by atoms with Gasteiger partial charge in [-0.15, -0.1) is 0 Å². The molecule has 0 bridgehead atoms. The van der Waals surface area contributed by atoms with Gasteiger partial charge in [0.25, 0.3) is 0 Å². The van der Waals surface area contributed by atoms with Gasteiger partial charge in [0.15, 0.2) is 0 Å². The third-order valence-corrected chi connectivity index (χ3v) is 3.92. The first-order chi connectivity index (χ1) is 8.75. The zero-order valence-electron chi connectivity index (χ0n) is 10.8. The molecule has 0 amide bonds. The third-order valence-electron chi connectivity index (χ3n) is 3.92. The molecule has 1 atom stereocenters. The fraction of sp³-hybridized carbons (Fsp3) is 0.400. The molecule has 0 aliphatic heterocycles. The minimum atomic E-state index is 0.230. The summed E-state index contributed by atoms with van der Waals surface area (Å²) >= 11 is 0. The van der Waals surface area contributed by atoms with Gasteiger partial charge in [-0.3, -0.25) is 4.98 Å². The molecule has 2 heterocycles. The van der Waals surface area contributed by atoms with Gasteiger partial charge in [-0.25, -0.2) is 0 Å². The second-order valence-corrected chi connectivity index (χ2v) is 5.15. The molecule has 1 aliphatic carbocycles. The van der Waals surface area contributed by atoms with Crippen LogP contribution < -0.4 is 5.73 Å². The Hall–Kier alpha value is -1.61. The number of hydrogen-bond acceptors (Lipinski definition) is 2. The van der Waals surface area contributed by atoms with E-state index in [1.165, 1.54) is 28.8 Å². The van der Waals surface area contributed by atoms with Crippen molar-refractivity contribution in [1.82, 2.24) is 9.55 Å². The van der Waals surface area contributed by atoms with Crippen molar-refractivity contribution in [1.29, 1.82) is 0 Å². The fourth-order valence-corrected chi connectivity index (χ4v) is 2.80. The van der Waals surface area contributed by atoms with E-state index in [4.69, 9.17) is 5.73 Å². The molecule has 0 fully saturated rings. The lowest BCUT2D eigenvalue weighted by atomic mass is 9.93. The van der Waals surface area contributed by atoms with Gasteiger partial charge in [-0.05, 0) is 55.0 Å². The van der Waals surface area contributed by atoms with E-state index in [0.717, 1.165) is 19.4 Å². The molecule has 2 N–H and O–H groups in total. The molecule has 3 nitrogen and oxygen atoms in total. The van der Waals surface area contributed by atoms with Crippen LogP contribution in [0.25, 0.3) is 0 Å². The van der Waals surface area contributed by atoms with Crippen LogP contribution in [0.3, 0.4) is 0 Å². The highest BCUT2D eigenvalue weighted by Gasteiger charge is 2.20. The molecular formula is C15H19N3. The molecule has 0 aromatic carbocycles. The minimum absolute atomic E-state index is 0.230. The summed E-state index contributed by atoms with van der Waals surface area (Å²) in [6.07, 6.45) is 9.44. The summed E-state index contributed by atoms with van der Waals surface area (Å²) in [7, 11) is 0. The van der Waals surface area contributed by atoms with Gasteiger partial charge in [0.1, 0.15) is 0 Å². The van der Waals surface area contributed by atoms with Crippen LogP contribution in [0.4, 0.5) is 0 Å². The molecular weight excluding hydrogens is 222 g/mol. The topological polar surface area (TPSA) is 43.8 Å². The maximum absolute atomic E-state index is 6.16. The number of nitrogens with zero attached hydrogens (tertiary/aromatic N) is 2. The lowest BCUT2D eigenvalue weighted by molar-refractivity contribution is 0.547. The number of nitrogens with two attached hydrogens (primary N) is 1. The summed E-state index contributed by atoms with van der Waals surface area (Å²) in [5.41, 5.74) is 11.5. The Morgan fingerprint density at radius 3 is 3.17 bits per heavy atom. The SMILES string of the molecule is Cc1cnccc1Cn1ccc2c1CCCC2N. The van der Waals surface area contributed by atoms with Gasteiger partial charge in [0.2, 0.25) is 0 Å². The molecule has 0 saturated heterocycles. The number of hydrogen-bond donors (Lipinski definition) is 1. The number of fused-ring (bicyclic) bond motifs is 1. The van der Waals surface area contributed by atoms with E-state index in [9.17, 15) is 0 Å². The van der Waals surface area contributed by atoms with Gasteiger partial charge in [-0.1, -0.05) is 0 Å². The summed E-state index contributed by atoms with van der Waals surface area (Å²) in [4.78, 5) is 4.14. The average molecular weight is 241 g/mol. The van der Waals surface area contributed by atoms with Crippen molar-refractivity contribution in [2.75, 3.05) is 0 Å². The summed E-state index contributed by atoms with van der Waals surface area (Å²) in [6, 6.07) is 4.52. The van der Waals surface area contributed by atoms with E-state index in [0.29, 0.717) is 0 Å². The largest absolute Gasteiger partial charge is 0.347 e. The molecule has 0 saturated carbocycles. The fourth-order valence-electron chi connectivity index (χ4n) is 2.80. The molecule has 2 aromatic heterocycles. The van der Waals surface area contributed by atoms with Crippen LogP contribution in [-0.4, -0.2) is 9.55 Å². The molecule has 94 valence electrons. The Bertz CT molecular complexity index is 557. The van der Waals surface area contributed by atoms with Crippen molar-refractivity contribution in [3.63, 3.8) is 0 Å². The summed E-state index contributed by atoms with van der Waals surface area (Å²) in [6.45, 7) is 3.04. The lowest BCUT2D eigenvalue weighted by Gasteiger charge is -2.21. The van der Waals surface area contributed by atoms with Gasteiger partial charge >= 0.3 is 0 Å². The smallest absolute Gasteiger partial charge is 0.0476 e. The molecule has 1 aliphatic rings. The Morgan fingerprint density at radius 2 is 2.33 bits per heavy atom. The van der Waals surface area contributed by atoms with Gasteiger partial charge in [0.05, 0.1) is 0 Å². The first kappa shape index (κ1) is 11.5. The summed E-state index contributed by atoms with van der Waals surface area (Å²) in [5, 5.41) is 0. The van der Waals surface area contributed by atoms with Crippen molar-refractivity contribution in [2.45, 2.75) is 38.8 Å². The van der Waals surface area contributed by atoms with E-state index in [2.05, 4.69) is 34.8 Å². The van der Waals surface area contributed by atoms with Crippen LogP contribution in [0.2, 0.25) is 0 Å². The lowest BCUT2D eigenvalue weighted by Crippen LogP contribution is -2.18. The van der Waals surface area contributed by atoms with Crippen molar-refractivity contribution in [3.05, 3.63) is 53.1 Å². The summed E-state index contributed by atoms with van der Waals surface area (Å²) in [5.74, 6) is 0. The Morgan fingerprint density at radius 1 is 1.44 bits per heavy atom. The minimum Gasteiger partial charge on any atom is -0.347 e. The van der Waals surface area contributed by atoms with Gasteiger partial charge in [-0.2, -0.15) is 0 Å². The maximum atomic E-state index is 6.16. The number of pyridine rings is 1. The van der Waals surface area contributed by atoms with Gasteiger partial charge < -0.3 is 10.3 Å². The second kappa shape index (κ2) is 4.58. The predicted octanol–water partition coefficient (Wildman–Crippen LogP) is 2.58. The van der Waals surface area contributed by atoms with E-state index < -0.39 is 0 Å². The predicted molar refractivity (Wildman–Crippen MR) is 72.4 cm³/mol. The first-order valence-corrected chi connectivity index (χ1v) is 6.58. The maximum Gasteiger partial charge on any atom is 0.0476 e. The van der Waals surface area contributed by atoms with E-state index in [1.54, 1.807) is 0 Å². The number of rotatable bonds is 2. The molecule has 0 radical (unpaired) electrons. The molecule has 2 aromatic rings. The van der Waals surface area contributed by atoms with E-state index in [-0.39, 0.29) is 6.04 Å². The number of aryl methyl sites for hydroxylation is 1. The highest BCUT2D eigenvalue weighted by molar-refractivity contribution is 5.30. The Balaban J connectivity index is 1.92. The van der Waals surface area contributed by atoms with Crippen molar-refractivity contribution < 1.29 is 0 Å². The highest BCUT2D eigenvalue weighted by atomic mass is 15.0. The van der Waals surface area contributed by atoms with Crippen LogP contribution in [0, 0.1) is 6.92 Å². The molecule has 1 unspecified atom stereocenters. The van der Waals surface area contributed by atoms with Crippen molar-refractivity contribution >= 4 is 0 Å². The van der Waals surface area contributed by atoms with Crippen LogP contribution in [-0.2, 0) is 13.0 Å². The van der Waals surface area contributed by atoms with Crippen LogP contribution in [0.1, 0.15) is 41.3 Å². The van der Waals surface area contributed by atoms with Crippen molar-refractivity contribution in [2.24, 2.45) is 5.73 Å². The van der Waals surface area contributed by atoms with Gasteiger partial charge in [0, 0.05) is 36.9 Å². The zero-order valence-corrected chi connectivity index (χ0v) is 10.8. The van der Waals surface area contributed by atoms with Crippen LogP contribution in [0.5, 0.6) is 0 Å². The van der Waals surface area contributed by atoms with Crippen LogP contribution >= 0.6 is 0 Å². The Kier molecular flexibility index (Phi) is 2.92. The normalized spacial score (nSPS) is 18.7. The van der Waals surface area contributed by atoms with E-state index >= 15 is 0 Å². The molecule has 18 heavy (non-hydrogen) atoms. The molecule has 3 heteroatoms. The summed E-state index contributed by atoms with van der Waals surface area (Å²) < 4.78 is 2.34. The quantitative estimate of drug-likeness (QED) is 0.878. The van der Waals surface area contributed by atoms with E-state index in [1.807, 2.05) is 12.4 Å². The monoisotopic (exact) mass is 241 g/mol.